The van der Waals surface area contributed by atoms with Gasteiger partial charge in [-0.05, 0) is 46.1 Å². The Morgan fingerprint density at radius 3 is 3.10 bits per heavy atom. The van der Waals surface area contributed by atoms with Crippen molar-refractivity contribution >= 4 is 33.2 Å². The molecule has 1 atom stereocenters. The van der Waals surface area contributed by atoms with Gasteiger partial charge in [-0.25, -0.2) is 0 Å². The van der Waals surface area contributed by atoms with Crippen LogP contribution in [0.4, 0.5) is 0 Å². The standard InChI is InChI=1S/C15H15BrN2OS/c16-14-7-11(9-20-14)15(19)18-8-13-12-4-2-1-3-10(12)5-6-17-13/h1-4,7,9,13,17H,5-6,8H2,(H,18,19). The van der Waals surface area contributed by atoms with Gasteiger partial charge in [-0.1, -0.05) is 24.3 Å². The Balaban J connectivity index is 1.66. The lowest BCUT2D eigenvalue weighted by molar-refractivity contribution is 0.0949. The number of thiophene rings is 1. The minimum atomic E-state index is -0.0168. The molecule has 0 spiro atoms. The second-order valence-electron chi connectivity index (χ2n) is 4.81. The number of benzene rings is 1. The van der Waals surface area contributed by atoms with E-state index in [0.29, 0.717) is 12.1 Å². The van der Waals surface area contributed by atoms with Gasteiger partial charge < -0.3 is 10.6 Å². The van der Waals surface area contributed by atoms with E-state index in [9.17, 15) is 4.79 Å². The van der Waals surface area contributed by atoms with E-state index in [1.54, 1.807) is 0 Å². The molecule has 1 aromatic carbocycles. The molecule has 5 heteroatoms. The maximum Gasteiger partial charge on any atom is 0.252 e. The monoisotopic (exact) mass is 350 g/mol. The van der Waals surface area contributed by atoms with Gasteiger partial charge in [0, 0.05) is 18.0 Å². The van der Waals surface area contributed by atoms with Gasteiger partial charge in [-0.3, -0.25) is 4.79 Å². The van der Waals surface area contributed by atoms with Gasteiger partial charge in [-0.2, -0.15) is 0 Å². The summed E-state index contributed by atoms with van der Waals surface area (Å²) in [6, 6.07) is 10.5. The summed E-state index contributed by atoms with van der Waals surface area (Å²) in [4.78, 5) is 12.1. The maximum absolute atomic E-state index is 12.1. The van der Waals surface area contributed by atoms with Crippen molar-refractivity contribution in [2.45, 2.75) is 12.5 Å². The number of hydrogen-bond acceptors (Lipinski definition) is 3. The average molecular weight is 351 g/mol. The molecule has 1 aromatic heterocycles. The first kappa shape index (κ1) is 13.8. The Labute approximate surface area is 130 Å². The van der Waals surface area contributed by atoms with Crippen LogP contribution in [0.5, 0.6) is 0 Å². The molecule has 2 aromatic rings. The third kappa shape index (κ3) is 2.95. The van der Waals surface area contributed by atoms with Crippen molar-refractivity contribution in [3.63, 3.8) is 0 Å². The molecule has 0 radical (unpaired) electrons. The number of halogens is 1. The summed E-state index contributed by atoms with van der Waals surface area (Å²) >= 11 is 4.90. The second kappa shape index (κ2) is 6.08. The van der Waals surface area contributed by atoms with Gasteiger partial charge in [-0.15, -0.1) is 11.3 Å². The lowest BCUT2D eigenvalue weighted by Crippen LogP contribution is -2.38. The van der Waals surface area contributed by atoms with Crippen molar-refractivity contribution in [3.05, 3.63) is 56.2 Å². The van der Waals surface area contributed by atoms with E-state index in [-0.39, 0.29) is 11.9 Å². The van der Waals surface area contributed by atoms with Gasteiger partial charge in [0.15, 0.2) is 0 Å². The third-order valence-electron chi connectivity index (χ3n) is 3.51. The fourth-order valence-corrected chi connectivity index (χ4v) is 3.64. The Bertz CT molecular complexity index is 626. The van der Waals surface area contributed by atoms with Crippen molar-refractivity contribution < 1.29 is 4.79 Å². The van der Waals surface area contributed by atoms with Crippen molar-refractivity contribution in [2.24, 2.45) is 0 Å². The van der Waals surface area contributed by atoms with E-state index in [1.807, 2.05) is 11.4 Å². The van der Waals surface area contributed by atoms with Crippen molar-refractivity contribution in [1.29, 1.82) is 0 Å². The second-order valence-corrected chi connectivity index (χ2v) is 7.10. The number of carbonyl (C=O) groups is 1. The van der Waals surface area contributed by atoms with Crippen LogP contribution in [0.15, 0.2) is 39.5 Å². The quantitative estimate of drug-likeness (QED) is 0.892. The van der Waals surface area contributed by atoms with Crippen LogP contribution < -0.4 is 10.6 Å². The molecule has 1 unspecified atom stereocenters. The summed E-state index contributed by atoms with van der Waals surface area (Å²) in [5.41, 5.74) is 3.39. The summed E-state index contributed by atoms with van der Waals surface area (Å²) in [5.74, 6) is -0.0168. The van der Waals surface area contributed by atoms with Crippen LogP contribution in [-0.2, 0) is 6.42 Å². The van der Waals surface area contributed by atoms with E-state index in [2.05, 4.69) is 50.8 Å². The topological polar surface area (TPSA) is 41.1 Å². The first-order chi connectivity index (χ1) is 9.74. The zero-order valence-electron chi connectivity index (χ0n) is 10.9. The Morgan fingerprint density at radius 1 is 1.45 bits per heavy atom. The van der Waals surface area contributed by atoms with Crippen LogP contribution in [-0.4, -0.2) is 19.0 Å². The fourth-order valence-electron chi connectivity index (χ4n) is 2.50. The molecular formula is C15H15BrN2OS. The van der Waals surface area contributed by atoms with E-state index < -0.39 is 0 Å². The number of hydrogen-bond donors (Lipinski definition) is 2. The molecule has 1 amide bonds. The molecule has 0 aliphatic carbocycles. The normalized spacial score (nSPS) is 17.6. The molecule has 0 bridgehead atoms. The molecule has 3 rings (SSSR count). The largest absolute Gasteiger partial charge is 0.350 e. The van der Waals surface area contributed by atoms with Crippen molar-refractivity contribution in [3.8, 4) is 0 Å². The van der Waals surface area contributed by atoms with Crippen LogP contribution in [0.1, 0.15) is 27.5 Å². The Morgan fingerprint density at radius 2 is 2.30 bits per heavy atom. The molecule has 1 aliphatic rings. The number of amides is 1. The van der Waals surface area contributed by atoms with Gasteiger partial charge in [0.05, 0.1) is 9.35 Å². The zero-order valence-corrected chi connectivity index (χ0v) is 13.3. The Hall–Kier alpha value is -1.17. The summed E-state index contributed by atoms with van der Waals surface area (Å²) in [6.07, 6.45) is 1.05. The highest BCUT2D eigenvalue weighted by Gasteiger charge is 2.19. The predicted octanol–water partition coefficient (Wildman–Crippen LogP) is 3.13. The van der Waals surface area contributed by atoms with Crippen molar-refractivity contribution in [1.82, 2.24) is 10.6 Å². The van der Waals surface area contributed by atoms with E-state index >= 15 is 0 Å². The fraction of sp³-hybridized carbons (Fsp3) is 0.267. The van der Waals surface area contributed by atoms with Crippen LogP contribution in [0.2, 0.25) is 0 Å². The summed E-state index contributed by atoms with van der Waals surface area (Å²) in [7, 11) is 0. The molecule has 0 saturated heterocycles. The van der Waals surface area contributed by atoms with Gasteiger partial charge in [0.2, 0.25) is 0 Å². The van der Waals surface area contributed by atoms with E-state index in [0.717, 1.165) is 16.8 Å². The molecule has 2 heterocycles. The van der Waals surface area contributed by atoms with Gasteiger partial charge in [0.1, 0.15) is 0 Å². The summed E-state index contributed by atoms with van der Waals surface area (Å²) in [5, 5.41) is 8.34. The molecule has 0 saturated carbocycles. The first-order valence-electron chi connectivity index (χ1n) is 6.57. The predicted molar refractivity (Wildman–Crippen MR) is 85.2 cm³/mol. The highest BCUT2D eigenvalue weighted by Crippen LogP contribution is 2.23. The number of rotatable bonds is 3. The minimum Gasteiger partial charge on any atom is -0.350 e. The van der Waals surface area contributed by atoms with Crippen LogP contribution in [0, 0.1) is 0 Å². The maximum atomic E-state index is 12.1. The van der Waals surface area contributed by atoms with E-state index in [4.69, 9.17) is 0 Å². The molecule has 3 nitrogen and oxygen atoms in total. The zero-order chi connectivity index (χ0) is 13.9. The smallest absolute Gasteiger partial charge is 0.252 e. The lowest BCUT2D eigenvalue weighted by Gasteiger charge is -2.27. The van der Waals surface area contributed by atoms with Crippen LogP contribution in [0.25, 0.3) is 0 Å². The average Bonchev–Trinajstić information content (AvgIpc) is 2.91. The molecule has 0 fully saturated rings. The Kier molecular flexibility index (Phi) is 4.19. The van der Waals surface area contributed by atoms with Crippen LogP contribution in [0.3, 0.4) is 0 Å². The van der Waals surface area contributed by atoms with Gasteiger partial charge >= 0.3 is 0 Å². The SMILES string of the molecule is O=C(NCC1NCCc2ccccc21)c1csc(Br)c1. The third-order valence-corrected chi connectivity index (χ3v) is 5.02. The highest BCUT2D eigenvalue weighted by molar-refractivity contribution is 9.11. The first-order valence-corrected chi connectivity index (χ1v) is 8.25. The number of fused-ring (bicyclic) bond motifs is 1. The van der Waals surface area contributed by atoms with Crippen LogP contribution >= 0.6 is 27.3 Å². The summed E-state index contributed by atoms with van der Waals surface area (Å²) < 4.78 is 0.976. The molecule has 2 N–H and O–H groups in total. The molecule has 104 valence electrons. The number of carbonyl (C=O) groups excluding carboxylic acids is 1. The lowest BCUT2D eigenvalue weighted by atomic mass is 9.94. The molecular weight excluding hydrogens is 336 g/mol. The minimum absolute atomic E-state index is 0.0168. The van der Waals surface area contributed by atoms with E-state index in [1.165, 1.54) is 22.5 Å². The van der Waals surface area contributed by atoms with Gasteiger partial charge in [0.25, 0.3) is 5.91 Å². The highest BCUT2D eigenvalue weighted by atomic mass is 79.9. The number of nitrogens with one attached hydrogen (secondary N) is 2. The summed E-state index contributed by atoms with van der Waals surface area (Å²) in [6.45, 7) is 1.57. The molecule has 1 aliphatic heterocycles. The molecule has 20 heavy (non-hydrogen) atoms. The van der Waals surface area contributed by atoms with Crippen molar-refractivity contribution in [2.75, 3.05) is 13.1 Å².